The van der Waals surface area contributed by atoms with Gasteiger partial charge < -0.3 is 10.2 Å². The number of benzene rings is 1. The zero-order valence-corrected chi connectivity index (χ0v) is 15.0. The monoisotopic (exact) mass is 338 g/mol. The van der Waals surface area contributed by atoms with Gasteiger partial charge in [0.05, 0.1) is 0 Å². The first kappa shape index (κ1) is 19.5. The van der Waals surface area contributed by atoms with E-state index in [0.29, 0.717) is 37.0 Å². The van der Waals surface area contributed by atoms with Crippen LogP contribution in [-0.2, 0) is 16.0 Å². The fraction of sp³-hybridized carbons (Fsp3) is 0.556. The van der Waals surface area contributed by atoms with Crippen LogP contribution in [0.5, 0.6) is 0 Å². The number of nitrogens with zero attached hydrogens (tertiary/aromatic N) is 1. The second kappa shape index (κ2) is 10.3. The molecule has 0 saturated heterocycles. The van der Waals surface area contributed by atoms with E-state index >= 15 is 0 Å². The lowest BCUT2D eigenvalue weighted by Gasteiger charge is -2.21. The van der Waals surface area contributed by atoms with Crippen molar-refractivity contribution < 1.29 is 9.59 Å². The molecule has 5 heteroatoms. The van der Waals surface area contributed by atoms with E-state index in [9.17, 15) is 9.59 Å². The number of carbonyl (C=O) groups is 2. The number of nitrogens with one attached hydrogen (secondary N) is 1. The predicted octanol–water partition coefficient (Wildman–Crippen LogP) is 3.28. The highest BCUT2D eigenvalue weighted by Crippen LogP contribution is 2.10. The molecule has 128 valence electrons. The fourth-order valence-electron chi connectivity index (χ4n) is 2.17. The van der Waals surface area contributed by atoms with E-state index in [-0.39, 0.29) is 11.8 Å². The van der Waals surface area contributed by atoms with Gasteiger partial charge in [0, 0.05) is 38.0 Å². The van der Waals surface area contributed by atoms with Gasteiger partial charge in [0.2, 0.25) is 11.8 Å². The predicted molar refractivity (Wildman–Crippen MR) is 94.5 cm³/mol. The zero-order valence-electron chi connectivity index (χ0n) is 14.3. The first-order valence-corrected chi connectivity index (χ1v) is 8.53. The molecule has 0 bridgehead atoms. The Morgan fingerprint density at radius 3 is 2.39 bits per heavy atom. The lowest BCUT2D eigenvalue weighted by atomic mass is 10.1. The van der Waals surface area contributed by atoms with E-state index in [4.69, 9.17) is 11.6 Å². The third kappa shape index (κ3) is 8.60. The maximum Gasteiger partial charge on any atom is 0.221 e. The summed E-state index contributed by atoms with van der Waals surface area (Å²) in [6, 6.07) is 7.60. The highest BCUT2D eigenvalue weighted by molar-refractivity contribution is 6.30. The number of halogens is 1. The normalized spacial score (nSPS) is 10.7. The lowest BCUT2D eigenvalue weighted by molar-refractivity contribution is -0.129. The molecule has 0 radical (unpaired) electrons. The summed E-state index contributed by atoms with van der Waals surface area (Å²) in [6.07, 6.45) is 2.07. The van der Waals surface area contributed by atoms with Crippen molar-refractivity contribution in [3.63, 3.8) is 0 Å². The van der Waals surface area contributed by atoms with Crippen molar-refractivity contribution in [3.8, 4) is 0 Å². The minimum absolute atomic E-state index is 0.00314. The summed E-state index contributed by atoms with van der Waals surface area (Å²) in [5, 5.41) is 3.60. The van der Waals surface area contributed by atoms with E-state index < -0.39 is 0 Å². The van der Waals surface area contributed by atoms with Gasteiger partial charge in [0.1, 0.15) is 0 Å². The highest BCUT2D eigenvalue weighted by Gasteiger charge is 2.11. The molecular weight excluding hydrogens is 312 g/mol. The van der Waals surface area contributed by atoms with Crippen molar-refractivity contribution in [2.24, 2.45) is 5.92 Å². The summed E-state index contributed by atoms with van der Waals surface area (Å²) >= 11 is 5.86. The SMILES string of the molecule is CC(=O)N(CCC(=O)NCCC(C)C)CCc1ccc(Cl)cc1. The van der Waals surface area contributed by atoms with Crippen LogP contribution in [0.2, 0.25) is 5.02 Å². The molecule has 1 aromatic carbocycles. The van der Waals surface area contributed by atoms with E-state index in [1.54, 1.807) is 11.8 Å². The largest absolute Gasteiger partial charge is 0.356 e. The maximum absolute atomic E-state index is 11.8. The Bertz CT molecular complexity index is 500. The number of rotatable bonds is 9. The van der Waals surface area contributed by atoms with Gasteiger partial charge in [-0.1, -0.05) is 37.6 Å². The molecule has 2 amide bonds. The van der Waals surface area contributed by atoms with Crippen LogP contribution in [0.15, 0.2) is 24.3 Å². The van der Waals surface area contributed by atoms with Gasteiger partial charge in [-0.25, -0.2) is 0 Å². The summed E-state index contributed by atoms with van der Waals surface area (Å²) in [5.74, 6) is 0.570. The Balaban J connectivity index is 2.35. The molecular formula is C18H27ClN2O2. The molecule has 0 unspecified atom stereocenters. The first-order chi connectivity index (χ1) is 10.9. The second-order valence-corrected chi connectivity index (χ2v) is 6.60. The van der Waals surface area contributed by atoms with Gasteiger partial charge >= 0.3 is 0 Å². The maximum atomic E-state index is 11.8. The number of hydrogen-bond donors (Lipinski definition) is 1. The Morgan fingerprint density at radius 2 is 1.83 bits per heavy atom. The van der Waals surface area contributed by atoms with Crippen LogP contribution in [0.4, 0.5) is 0 Å². The number of amides is 2. The highest BCUT2D eigenvalue weighted by atomic mass is 35.5. The van der Waals surface area contributed by atoms with Crippen molar-refractivity contribution in [2.45, 2.75) is 40.0 Å². The molecule has 0 heterocycles. The van der Waals surface area contributed by atoms with Gasteiger partial charge in [0.25, 0.3) is 0 Å². The Kier molecular flexibility index (Phi) is 8.70. The smallest absolute Gasteiger partial charge is 0.221 e. The van der Waals surface area contributed by atoms with Crippen LogP contribution in [-0.4, -0.2) is 36.3 Å². The molecule has 0 aromatic heterocycles. The van der Waals surface area contributed by atoms with Gasteiger partial charge in [-0.2, -0.15) is 0 Å². The molecule has 1 N–H and O–H groups in total. The molecule has 0 saturated carbocycles. The average molecular weight is 339 g/mol. The van der Waals surface area contributed by atoms with Crippen molar-refractivity contribution in [2.75, 3.05) is 19.6 Å². The standard InChI is InChI=1S/C18H27ClN2O2/c1-14(2)8-11-20-18(23)10-13-21(15(3)22)12-9-16-4-6-17(19)7-5-16/h4-7,14H,8-13H2,1-3H3,(H,20,23). The van der Waals surface area contributed by atoms with E-state index in [1.165, 1.54) is 0 Å². The fourth-order valence-corrected chi connectivity index (χ4v) is 2.29. The summed E-state index contributed by atoms with van der Waals surface area (Å²) < 4.78 is 0. The first-order valence-electron chi connectivity index (χ1n) is 8.15. The number of hydrogen-bond acceptors (Lipinski definition) is 2. The van der Waals surface area contributed by atoms with Gasteiger partial charge in [-0.3, -0.25) is 9.59 Å². The Labute approximate surface area is 144 Å². The van der Waals surface area contributed by atoms with Crippen molar-refractivity contribution in [1.29, 1.82) is 0 Å². The van der Waals surface area contributed by atoms with E-state index in [1.807, 2.05) is 24.3 Å². The lowest BCUT2D eigenvalue weighted by Crippen LogP contribution is -2.35. The quantitative estimate of drug-likeness (QED) is 0.751. The molecule has 0 aliphatic heterocycles. The van der Waals surface area contributed by atoms with Gasteiger partial charge in [0.15, 0.2) is 0 Å². The van der Waals surface area contributed by atoms with E-state index in [0.717, 1.165) is 18.4 Å². The van der Waals surface area contributed by atoms with Crippen LogP contribution in [0, 0.1) is 5.92 Å². The zero-order chi connectivity index (χ0) is 17.2. The van der Waals surface area contributed by atoms with Gasteiger partial charge in [-0.05, 0) is 36.5 Å². The molecule has 1 rings (SSSR count). The van der Waals surface area contributed by atoms with E-state index in [2.05, 4.69) is 19.2 Å². The third-order valence-electron chi connectivity index (χ3n) is 3.68. The molecule has 0 fully saturated rings. The molecule has 0 spiro atoms. The summed E-state index contributed by atoms with van der Waals surface area (Å²) in [6.45, 7) is 7.55. The average Bonchev–Trinajstić information content (AvgIpc) is 2.48. The van der Waals surface area contributed by atoms with Crippen molar-refractivity contribution in [3.05, 3.63) is 34.9 Å². The van der Waals surface area contributed by atoms with Crippen LogP contribution in [0.3, 0.4) is 0 Å². The molecule has 4 nitrogen and oxygen atoms in total. The topological polar surface area (TPSA) is 49.4 Å². The Morgan fingerprint density at radius 1 is 1.17 bits per heavy atom. The molecule has 0 aliphatic rings. The molecule has 0 atom stereocenters. The van der Waals surface area contributed by atoms with Crippen molar-refractivity contribution >= 4 is 23.4 Å². The second-order valence-electron chi connectivity index (χ2n) is 6.17. The van der Waals surface area contributed by atoms with Crippen LogP contribution >= 0.6 is 11.6 Å². The Hall–Kier alpha value is -1.55. The minimum atomic E-state index is -0.00561. The van der Waals surface area contributed by atoms with Crippen LogP contribution in [0.25, 0.3) is 0 Å². The van der Waals surface area contributed by atoms with Gasteiger partial charge in [-0.15, -0.1) is 0 Å². The summed E-state index contributed by atoms with van der Waals surface area (Å²) in [5.41, 5.74) is 1.13. The minimum Gasteiger partial charge on any atom is -0.356 e. The molecule has 1 aromatic rings. The van der Waals surface area contributed by atoms with Crippen LogP contribution < -0.4 is 5.32 Å². The summed E-state index contributed by atoms with van der Waals surface area (Å²) in [7, 11) is 0. The molecule has 0 aliphatic carbocycles. The third-order valence-corrected chi connectivity index (χ3v) is 3.93. The summed E-state index contributed by atoms with van der Waals surface area (Å²) in [4.78, 5) is 25.2. The van der Waals surface area contributed by atoms with Crippen molar-refractivity contribution in [1.82, 2.24) is 10.2 Å². The number of carbonyl (C=O) groups excluding carboxylic acids is 2. The molecule has 23 heavy (non-hydrogen) atoms. The van der Waals surface area contributed by atoms with Crippen LogP contribution in [0.1, 0.15) is 39.2 Å².